The number of aryl methyl sites for hydroxylation is 2. The maximum Gasteiger partial charge on any atom is 0.336 e. The van der Waals surface area contributed by atoms with Gasteiger partial charge in [0.2, 0.25) is 0 Å². The number of carboxylic acid groups (broad SMARTS) is 1. The van der Waals surface area contributed by atoms with E-state index in [1.165, 1.54) is 41.5 Å². The van der Waals surface area contributed by atoms with Crippen molar-refractivity contribution in [3.05, 3.63) is 21.4 Å². The molecule has 0 aliphatic heterocycles. The Kier molecular flexibility index (Phi) is 3.51. The van der Waals surface area contributed by atoms with E-state index in [-0.39, 0.29) is 6.54 Å². The largest absolute Gasteiger partial charge is 0.479 e. The van der Waals surface area contributed by atoms with Gasteiger partial charge in [0.25, 0.3) is 0 Å². The summed E-state index contributed by atoms with van der Waals surface area (Å²) >= 11 is 1.79. The number of carboxylic acids is 1. The van der Waals surface area contributed by atoms with Crippen LogP contribution < -0.4 is 5.32 Å². The Labute approximate surface area is 104 Å². The molecule has 1 aromatic heterocycles. The van der Waals surface area contributed by atoms with E-state index < -0.39 is 11.6 Å². The lowest BCUT2D eigenvalue weighted by Crippen LogP contribution is -2.44. The maximum absolute atomic E-state index is 10.7. The van der Waals surface area contributed by atoms with Crippen LogP contribution in [0.15, 0.2) is 6.07 Å². The summed E-state index contributed by atoms with van der Waals surface area (Å²) in [6.45, 7) is 1.99. The molecule has 1 aliphatic rings. The van der Waals surface area contributed by atoms with E-state index in [4.69, 9.17) is 5.11 Å². The van der Waals surface area contributed by atoms with Gasteiger partial charge in [-0.25, -0.2) is 4.79 Å². The van der Waals surface area contributed by atoms with Crippen LogP contribution in [0.3, 0.4) is 0 Å². The Morgan fingerprint density at radius 2 is 2.35 bits per heavy atom. The molecule has 1 aromatic rings. The second-order valence-electron chi connectivity index (χ2n) is 4.70. The van der Waals surface area contributed by atoms with E-state index >= 15 is 0 Å². The first-order valence-electron chi connectivity index (χ1n) is 5.76. The van der Waals surface area contributed by atoms with Crippen LogP contribution in [0.5, 0.6) is 0 Å². The molecule has 0 spiro atoms. The first-order valence-corrected chi connectivity index (χ1v) is 6.57. The number of aliphatic carboxylic acids is 1. The summed E-state index contributed by atoms with van der Waals surface area (Å²) < 4.78 is 0. The highest BCUT2D eigenvalue weighted by molar-refractivity contribution is 7.12. The molecule has 94 valence electrons. The van der Waals surface area contributed by atoms with Crippen LogP contribution in [0.4, 0.5) is 0 Å². The van der Waals surface area contributed by atoms with Crippen LogP contribution in [0, 0.1) is 0 Å². The van der Waals surface area contributed by atoms with Crippen molar-refractivity contribution in [1.82, 2.24) is 5.32 Å². The Morgan fingerprint density at radius 3 is 3.00 bits per heavy atom. The summed E-state index contributed by atoms with van der Waals surface area (Å²) in [6.07, 6.45) is 3.59. The molecule has 1 atom stereocenters. The van der Waals surface area contributed by atoms with Gasteiger partial charge in [-0.3, -0.25) is 0 Å². The number of rotatable bonds is 5. The Morgan fingerprint density at radius 1 is 1.59 bits per heavy atom. The fourth-order valence-corrected chi connectivity index (χ4v) is 3.21. The summed E-state index contributed by atoms with van der Waals surface area (Å²) in [5.41, 5.74) is -0.253. The third-order valence-corrected chi connectivity index (χ3v) is 4.26. The molecule has 0 saturated carbocycles. The number of aliphatic hydroxyl groups is 1. The van der Waals surface area contributed by atoms with Crippen molar-refractivity contribution in [2.75, 3.05) is 6.54 Å². The lowest BCUT2D eigenvalue weighted by Gasteiger charge is -2.17. The quantitative estimate of drug-likeness (QED) is 0.738. The molecule has 4 nitrogen and oxygen atoms in total. The second kappa shape index (κ2) is 4.76. The number of thiophene rings is 1. The Balaban J connectivity index is 1.84. The van der Waals surface area contributed by atoms with Gasteiger partial charge in [0, 0.05) is 22.8 Å². The van der Waals surface area contributed by atoms with Crippen LogP contribution in [-0.2, 0) is 24.2 Å². The third kappa shape index (κ3) is 2.86. The number of nitrogens with one attached hydrogen (secondary N) is 1. The standard InChI is InChI=1S/C12H17NO3S/c1-12(16,11(14)15)7-13-6-9-5-8-3-2-4-10(8)17-9/h5,13,16H,2-4,6-7H2,1H3,(H,14,15). The minimum atomic E-state index is -1.69. The van der Waals surface area contributed by atoms with Gasteiger partial charge < -0.3 is 15.5 Å². The van der Waals surface area contributed by atoms with Crippen molar-refractivity contribution in [3.63, 3.8) is 0 Å². The summed E-state index contributed by atoms with van der Waals surface area (Å²) in [6, 6.07) is 2.19. The normalized spacial score (nSPS) is 17.8. The average molecular weight is 255 g/mol. The van der Waals surface area contributed by atoms with E-state index in [1.807, 2.05) is 0 Å². The zero-order valence-corrected chi connectivity index (χ0v) is 10.6. The van der Waals surface area contributed by atoms with Gasteiger partial charge in [-0.2, -0.15) is 0 Å². The highest BCUT2D eigenvalue weighted by atomic mass is 32.1. The van der Waals surface area contributed by atoms with Gasteiger partial charge in [-0.15, -0.1) is 11.3 Å². The predicted octanol–water partition coefficient (Wildman–Crippen LogP) is 1.16. The fraction of sp³-hybridized carbons (Fsp3) is 0.583. The van der Waals surface area contributed by atoms with Gasteiger partial charge in [0.1, 0.15) is 0 Å². The molecule has 0 radical (unpaired) electrons. The summed E-state index contributed by atoms with van der Waals surface area (Å²) in [4.78, 5) is 13.4. The molecule has 0 aromatic carbocycles. The van der Waals surface area contributed by atoms with E-state index in [0.29, 0.717) is 6.54 Å². The SMILES string of the molecule is CC(O)(CNCc1cc2c(s1)CCC2)C(=O)O. The van der Waals surface area contributed by atoms with Crippen molar-refractivity contribution >= 4 is 17.3 Å². The van der Waals surface area contributed by atoms with Gasteiger partial charge in [0.15, 0.2) is 5.60 Å². The number of hydrogen-bond donors (Lipinski definition) is 3. The molecule has 2 rings (SSSR count). The smallest absolute Gasteiger partial charge is 0.336 e. The van der Waals surface area contributed by atoms with Gasteiger partial charge in [-0.05, 0) is 37.8 Å². The van der Waals surface area contributed by atoms with Crippen molar-refractivity contribution < 1.29 is 15.0 Å². The topological polar surface area (TPSA) is 69.6 Å². The highest BCUT2D eigenvalue weighted by Crippen LogP contribution is 2.30. The number of hydrogen-bond acceptors (Lipinski definition) is 4. The zero-order chi connectivity index (χ0) is 12.5. The highest BCUT2D eigenvalue weighted by Gasteiger charge is 2.29. The van der Waals surface area contributed by atoms with Crippen LogP contribution in [0.1, 0.15) is 28.7 Å². The molecule has 0 bridgehead atoms. The third-order valence-electron chi connectivity index (χ3n) is 3.03. The predicted molar refractivity (Wildman–Crippen MR) is 66.3 cm³/mol. The first-order chi connectivity index (χ1) is 7.99. The number of carbonyl (C=O) groups is 1. The van der Waals surface area contributed by atoms with Crippen molar-refractivity contribution in [3.8, 4) is 0 Å². The summed E-state index contributed by atoms with van der Waals surface area (Å²) in [7, 11) is 0. The Bertz CT molecular complexity index is 404. The molecule has 3 N–H and O–H groups in total. The van der Waals surface area contributed by atoms with Crippen LogP contribution in [0.2, 0.25) is 0 Å². The molecule has 1 aliphatic carbocycles. The summed E-state index contributed by atoms with van der Waals surface area (Å²) in [5.74, 6) is -1.20. The van der Waals surface area contributed by atoms with Crippen LogP contribution in [-0.4, -0.2) is 28.3 Å². The number of fused-ring (bicyclic) bond motifs is 1. The van der Waals surface area contributed by atoms with Crippen molar-refractivity contribution in [2.45, 2.75) is 38.3 Å². The molecule has 17 heavy (non-hydrogen) atoms. The minimum absolute atomic E-state index is 0.0604. The van der Waals surface area contributed by atoms with Crippen molar-refractivity contribution in [1.29, 1.82) is 0 Å². The summed E-state index contributed by atoms with van der Waals surface area (Å²) in [5, 5.41) is 21.3. The van der Waals surface area contributed by atoms with Crippen LogP contribution >= 0.6 is 11.3 Å². The maximum atomic E-state index is 10.7. The molecule has 0 amide bonds. The average Bonchev–Trinajstić information content (AvgIpc) is 2.76. The van der Waals surface area contributed by atoms with E-state index in [0.717, 1.165) is 0 Å². The molecular formula is C12H17NO3S. The molecule has 0 fully saturated rings. The molecule has 5 heteroatoms. The molecule has 1 unspecified atom stereocenters. The van der Waals surface area contributed by atoms with E-state index in [2.05, 4.69) is 11.4 Å². The van der Waals surface area contributed by atoms with Crippen LogP contribution in [0.25, 0.3) is 0 Å². The second-order valence-corrected chi connectivity index (χ2v) is 5.92. The zero-order valence-electron chi connectivity index (χ0n) is 9.82. The molecule has 1 heterocycles. The van der Waals surface area contributed by atoms with Gasteiger partial charge in [-0.1, -0.05) is 0 Å². The molecular weight excluding hydrogens is 238 g/mol. The van der Waals surface area contributed by atoms with E-state index in [9.17, 15) is 9.90 Å². The van der Waals surface area contributed by atoms with Gasteiger partial charge in [0.05, 0.1) is 0 Å². The van der Waals surface area contributed by atoms with Crippen molar-refractivity contribution in [2.24, 2.45) is 0 Å². The lowest BCUT2D eigenvalue weighted by molar-refractivity contribution is -0.156. The minimum Gasteiger partial charge on any atom is -0.479 e. The fourth-order valence-electron chi connectivity index (χ4n) is 1.98. The van der Waals surface area contributed by atoms with E-state index in [1.54, 1.807) is 11.3 Å². The lowest BCUT2D eigenvalue weighted by atomic mass is 10.1. The monoisotopic (exact) mass is 255 g/mol. The Hall–Kier alpha value is -0.910. The first kappa shape index (κ1) is 12.5. The van der Waals surface area contributed by atoms with Gasteiger partial charge >= 0.3 is 5.97 Å². The molecule has 0 saturated heterocycles.